The van der Waals surface area contributed by atoms with Crippen molar-refractivity contribution in [1.29, 1.82) is 0 Å². The van der Waals surface area contributed by atoms with Crippen LogP contribution in [0.1, 0.15) is 33.5 Å². The first-order chi connectivity index (χ1) is 12.5. The number of ether oxygens (including phenoxy) is 1. The molecule has 0 saturated carbocycles. The lowest BCUT2D eigenvalue weighted by molar-refractivity contribution is -0.123. The molecule has 0 bridgehead atoms. The molecule has 26 heavy (non-hydrogen) atoms. The SMILES string of the molecule is CCOC(=O)c1ccc(NC(=O)C2CN(C(=O)c3cc(C)on3)C2)cc1. The number of aryl methyl sites for hydroxylation is 1. The molecule has 1 aliphatic heterocycles. The Morgan fingerprint density at radius 1 is 1.27 bits per heavy atom. The van der Waals surface area contributed by atoms with Crippen LogP contribution in [0.25, 0.3) is 0 Å². The van der Waals surface area contributed by atoms with E-state index in [0.717, 1.165) is 0 Å². The summed E-state index contributed by atoms with van der Waals surface area (Å²) in [6, 6.07) is 8.04. The van der Waals surface area contributed by atoms with Crippen LogP contribution in [0, 0.1) is 12.8 Å². The van der Waals surface area contributed by atoms with Crippen molar-refractivity contribution < 1.29 is 23.6 Å². The molecule has 1 saturated heterocycles. The van der Waals surface area contributed by atoms with Crippen LogP contribution in [0.15, 0.2) is 34.9 Å². The topological polar surface area (TPSA) is 102 Å². The molecule has 2 aromatic rings. The van der Waals surface area contributed by atoms with Gasteiger partial charge in [-0.05, 0) is 38.1 Å². The number of aromatic nitrogens is 1. The fraction of sp³-hybridized carbons (Fsp3) is 0.333. The molecular formula is C18H19N3O5. The summed E-state index contributed by atoms with van der Waals surface area (Å²) in [5, 5.41) is 6.47. The second kappa shape index (κ2) is 7.38. The molecule has 0 aliphatic carbocycles. The molecule has 3 rings (SSSR count). The third kappa shape index (κ3) is 3.74. The normalized spacial score (nSPS) is 13.8. The standard InChI is InChI=1S/C18H19N3O5/c1-3-25-18(24)12-4-6-14(7-5-12)19-16(22)13-9-21(10-13)17(23)15-8-11(2)26-20-15/h4-8,13H,3,9-10H2,1-2H3,(H,19,22). The van der Waals surface area contributed by atoms with Crippen molar-refractivity contribution in [2.45, 2.75) is 13.8 Å². The number of amides is 2. The predicted molar refractivity (Wildman–Crippen MR) is 91.7 cm³/mol. The number of carbonyl (C=O) groups is 3. The summed E-state index contributed by atoms with van der Waals surface area (Å²) >= 11 is 0. The predicted octanol–water partition coefficient (Wildman–Crippen LogP) is 1.87. The van der Waals surface area contributed by atoms with Crippen LogP contribution in [-0.2, 0) is 9.53 Å². The van der Waals surface area contributed by atoms with Crippen LogP contribution in [0.5, 0.6) is 0 Å². The zero-order valence-electron chi connectivity index (χ0n) is 14.5. The molecule has 0 atom stereocenters. The molecule has 0 unspecified atom stereocenters. The van der Waals surface area contributed by atoms with E-state index in [9.17, 15) is 14.4 Å². The number of anilines is 1. The Kier molecular flexibility index (Phi) is 5.01. The summed E-state index contributed by atoms with van der Waals surface area (Å²) in [5.41, 5.74) is 1.25. The van der Waals surface area contributed by atoms with Gasteiger partial charge in [0.25, 0.3) is 5.91 Å². The maximum Gasteiger partial charge on any atom is 0.338 e. The molecule has 8 nitrogen and oxygen atoms in total. The summed E-state index contributed by atoms with van der Waals surface area (Å²) in [6.07, 6.45) is 0. The first-order valence-electron chi connectivity index (χ1n) is 8.28. The molecule has 1 aliphatic rings. The van der Waals surface area contributed by atoms with Gasteiger partial charge in [-0.25, -0.2) is 4.79 Å². The van der Waals surface area contributed by atoms with Gasteiger partial charge in [-0.3, -0.25) is 9.59 Å². The number of nitrogens with zero attached hydrogens (tertiary/aromatic N) is 2. The molecule has 0 spiro atoms. The number of esters is 1. The lowest BCUT2D eigenvalue weighted by Crippen LogP contribution is -2.54. The Bertz CT molecular complexity index is 822. The molecule has 136 valence electrons. The molecular weight excluding hydrogens is 338 g/mol. The minimum absolute atomic E-state index is 0.172. The summed E-state index contributed by atoms with van der Waals surface area (Å²) < 4.78 is 9.80. The van der Waals surface area contributed by atoms with Crippen LogP contribution in [0.4, 0.5) is 5.69 Å². The zero-order valence-corrected chi connectivity index (χ0v) is 14.5. The first kappa shape index (κ1) is 17.7. The highest BCUT2D eigenvalue weighted by atomic mass is 16.5. The van der Waals surface area contributed by atoms with Crippen molar-refractivity contribution >= 4 is 23.5 Å². The lowest BCUT2D eigenvalue weighted by atomic mass is 9.98. The lowest BCUT2D eigenvalue weighted by Gasteiger charge is -2.37. The van der Waals surface area contributed by atoms with E-state index in [4.69, 9.17) is 9.26 Å². The molecule has 1 aromatic heterocycles. The second-order valence-electron chi connectivity index (χ2n) is 6.02. The van der Waals surface area contributed by atoms with Gasteiger partial charge < -0.3 is 19.5 Å². The second-order valence-corrected chi connectivity index (χ2v) is 6.02. The third-order valence-corrected chi connectivity index (χ3v) is 4.05. The Morgan fingerprint density at radius 3 is 2.54 bits per heavy atom. The van der Waals surface area contributed by atoms with Crippen molar-refractivity contribution in [3.05, 3.63) is 47.3 Å². The third-order valence-electron chi connectivity index (χ3n) is 4.05. The smallest absolute Gasteiger partial charge is 0.338 e. The average molecular weight is 357 g/mol. The van der Waals surface area contributed by atoms with E-state index in [0.29, 0.717) is 36.7 Å². The fourth-order valence-electron chi connectivity index (χ4n) is 2.59. The van der Waals surface area contributed by atoms with Gasteiger partial charge in [0.2, 0.25) is 5.91 Å². The van der Waals surface area contributed by atoms with E-state index < -0.39 is 5.97 Å². The maximum atomic E-state index is 12.2. The van der Waals surface area contributed by atoms with E-state index in [1.165, 1.54) is 0 Å². The van der Waals surface area contributed by atoms with Gasteiger partial charge >= 0.3 is 5.97 Å². The molecule has 1 aromatic carbocycles. The van der Waals surface area contributed by atoms with Gasteiger partial charge in [0.1, 0.15) is 5.76 Å². The Hall–Kier alpha value is -3.16. The number of hydrogen-bond acceptors (Lipinski definition) is 6. The quantitative estimate of drug-likeness (QED) is 0.820. The molecule has 2 heterocycles. The number of carbonyl (C=O) groups excluding carboxylic acids is 3. The van der Waals surface area contributed by atoms with Crippen molar-refractivity contribution in [3.63, 3.8) is 0 Å². The van der Waals surface area contributed by atoms with Crippen molar-refractivity contribution in [1.82, 2.24) is 10.1 Å². The molecule has 1 fully saturated rings. The summed E-state index contributed by atoms with van der Waals surface area (Å²) in [5.74, 6) is -0.535. The zero-order chi connectivity index (χ0) is 18.7. The van der Waals surface area contributed by atoms with Gasteiger partial charge in [-0.1, -0.05) is 5.16 Å². The fourth-order valence-corrected chi connectivity index (χ4v) is 2.59. The number of nitrogens with one attached hydrogen (secondary N) is 1. The minimum atomic E-state index is -0.401. The highest BCUT2D eigenvalue weighted by molar-refractivity contribution is 5.98. The van der Waals surface area contributed by atoms with Crippen LogP contribution in [0.3, 0.4) is 0 Å². The molecule has 1 N–H and O–H groups in total. The maximum absolute atomic E-state index is 12.2. The van der Waals surface area contributed by atoms with Gasteiger partial charge in [-0.2, -0.15) is 0 Å². The van der Waals surface area contributed by atoms with Crippen molar-refractivity contribution in [2.75, 3.05) is 25.0 Å². The largest absolute Gasteiger partial charge is 0.462 e. The summed E-state index contributed by atoms with van der Waals surface area (Å²) in [7, 11) is 0. The van der Waals surface area contributed by atoms with Crippen molar-refractivity contribution in [2.24, 2.45) is 5.92 Å². The van der Waals surface area contributed by atoms with E-state index in [2.05, 4.69) is 10.5 Å². The Labute approximate surface area is 150 Å². The Balaban J connectivity index is 1.50. The number of likely N-dealkylation sites (tertiary alicyclic amines) is 1. The van der Waals surface area contributed by atoms with Gasteiger partial charge in [0.05, 0.1) is 18.1 Å². The van der Waals surface area contributed by atoms with Gasteiger partial charge in [0.15, 0.2) is 5.69 Å². The monoisotopic (exact) mass is 357 g/mol. The van der Waals surface area contributed by atoms with Crippen LogP contribution in [0.2, 0.25) is 0 Å². The van der Waals surface area contributed by atoms with Crippen LogP contribution in [-0.4, -0.2) is 47.5 Å². The van der Waals surface area contributed by atoms with E-state index >= 15 is 0 Å². The van der Waals surface area contributed by atoms with E-state index in [1.54, 1.807) is 49.1 Å². The minimum Gasteiger partial charge on any atom is -0.462 e. The molecule has 2 amide bonds. The van der Waals surface area contributed by atoms with Crippen molar-refractivity contribution in [3.8, 4) is 0 Å². The molecule has 8 heteroatoms. The first-order valence-corrected chi connectivity index (χ1v) is 8.28. The number of hydrogen-bond donors (Lipinski definition) is 1. The van der Waals surface area contributed by atoms with Crippen LogP contribution < -0.4 is 5.32 Å². The summed E-state index contributed by atoms with van der Waals surface area (Å²) in [6.45, 7) is 4.42. The Morgan fingerprint density at radius 2 is 1.96 bits per heavy atom. The van der Waals surface area contributed by atoms with Gasteiger partial charge in [0, 0.05) is 24.8 Å². The number of rotatable bonds is 5. The van der Waals surface area contributed by atoms with E-state index in [1.807, 2.05) is 0 Å². The highest BCUT2D eigenvalue weighted by Crippen LogP contribution is 2.21. The van der Waals surface area contributed by atoms with E-state index in [-0.39, 0.29) is 23.4 Å². The number of benzene rings is 1. The van der Waals surface area contributed by atoms with Crippen LogP contribution >= 0.6 is 0 Å². The summed E-state index contributed by atoms with van der Waals surface area (Å²) in [4.78, 5) is 37.5. The molecule has 0 radical (unpaired) electrons. The highest BCUT2D eigenvalue weighted by Gasteiger charge is 2.37. The van der Waals surface area contributed by atoms with Gasteiger partial charge in [-0.15, -0.1) is 0 Å². The average Bonchev–Trinajstić information content (AvgIpc) is 3.01.